The number of halogens is 1. The second kappa shape index (κ2) is 2.91. The molecule has 1 aliphatic heterocycles. The lowest BCUT2D eigenvalue weighted by molar-refractivity contribution is 0.169. The van der Waals surface area contributed by atoms with Crippen molar-refractivity contribution in [2.45, 2.75) is 44.1 Å². The summed E-state index contributed by atoms with van der Waals surface area (Å²) in [7, 11) is 0. The van der Waals surface area contributed by atoms with Gasteiger partial charge in [-0.1, -0.05) is 12.8 Å². The van der Waals surface area contributed by atoms with E-state index in [1.165, 1.54) is 32.1 Å². The van der Waals surface area contributed by atoms with Gasteiger partial charge in [0.15, 0.2) is 0 Å². The highest BCUT2D eigenvalue weighted by Crippen LogP contribution is 2.43. The van der Waals surface area contributed by atoms with Gasteiger partial charge in [0, 0.05) is 12.1 Å². The zero-order chi connectivity index (χ0) is 8.60. The van der Waals surface area contributed by atoms with Crippen LogP contribution in [0.1, 0.15) is 38.5 Å². The summed E-state index contributed by atoms with van der Waals surface area (Å²) in [5.74, 6) is 0. The van der Waals surface area contributed by atoms with Crippen LogP contribution in [0.5, 0.6) is 0 Å². The van der Waals surface area contributed by atoms with E-state index >= 15 is 0 Å². The van der Waals surface area contributed by atoms with E-state index in [9.17, 15) is 4.79 Å². The first kappa shape index (κ1) is 8.36. The molecule has 0 atom stereocenters. The maximum absolute atomic E-state index is 11.1. The Morgan fingerprint density at radius 1 is 1.17 bits per heavy atom. The van der Waals surface area contributed by atoms with E-state index in [0.29, 0.717) is 0 Å². The molecule has 0 aromatic carbocycles. The van der Waals surface area contributed by atoms with Crippen LogP contribution in [-0.4, -0.2) is 22.3 Å². The van der Waals surface area contributed by atoms with E-state index in [4.69, 9.17) is 11.6 Å². The molecule has 1 heterocycles. The van der Waals surface area contributed by atoms with Gasteiger partial charge in [-0.2, -0.15) is 0 Å². The molecule has 0 N–H and O–H groups in total. The van der Waals surface area contributed by atoms with Gasteiger partial charge in [-0.25, -0.2) is 0 Å². The third-order valence-electron chi connectivity index (χ3n) is 3.34. The second-order valence-corrected chi connectivity index (χ2v) is 4.26. The first-order valence-corrected chi connectivity index (χ1v) is 5.10. The van der Waals surface area contributed by atoms with Crippen molar-refractivity contribution in [2.75, 3.05) is 6.54 Å². The van der Waals surface area contributed by atoms with E-state index in [1.54, 1.807) is 0 Å². The fourth-order valence-corrected chi connectivity index (χ4v) is 3.03. The molecular weight excluding hydrogens is 174 g/mol. The quantitative estimate of drug-likeness (QED) is 0.422. The van der Waals surface area contributed by atoms with Crippen LogP contribution < -0.4 is 0 Å². The molecule has 12 heavy (non-hydrogen) atoms. The molecule has 1 saturated carbocycles. The van der Waals surface area contributed by atoms with E-state index in [-0.39, 0.29) is 10.9 Å². The minimum absolute atomic E-state index is 0.179. The van der Waals surface area contributed by atoms with Crippen LogP contribution in [0.3, 0.4) is 0 Å². The number of rotatable bonds is 0. The van der Waals surface area contributed by atoms with Gasteiger partial charge in [0.05, 0.1) is 0 Å². The third kappa shape index (κ3) is 1.13. The fraction of sp³-hybridized carbons (Fsp3) is 0.889. The molecule has 2 aliphatic rings. The largest absolute Gasteiger partial charge is 0.324 e. The monoisotopic (exact) mass is 187 g/mol. The SMILES string of the molecule is O=C(Cl)N1CCCC12CCCC2. The van der Waals surface area contributed by atoms with Gasteiger partial charge >= 0.3 is 5.37 Å². The average molecular weight is 188 g/mol. The molecule has 1 amide bonds. The lowest BCUT2D eigenvalue weighted by Gasteiger charge is -2.33. The zero-order valence-corrected chi connectivity index (χ0v) is 7.94. The summed E-state index contributed by atoms with van der Waals surface area (Å²) >= 11 is 5.54. The highest BCUT2D eigenvalue weighted by Gasteiger charge is 2.44. The molecule has 1 spiro atoms. The van der Waals surface area contributed by atoms with E-state index in [2.05, 4.69) is 0 Å². The summed E-state index contributed by atoms with van der Waals surface area (Å²) in [5.41, 5.74) is 0.179. The molecule has 1 saturated heterocycles. The molecule has 0 bridgehead atoms. The van der Waals surface area contributed by atoms with Crippen molar-refractivity contribution in [1.29, 1.82) is 0 Å². The molecule has 3 heteroatoms. The number of likely N-dealkylation sites (tertiary alicyclic amines) is 1. The van der Waals surface area contributed by atoms with Crippen LogP contribution >= 0.6 is 11.6 Å². The van der Waals surface area contributed by atoms with Crippen molar-refractivity contribution in [2.24, 2.45) is 0 Å². The Balaban J connectivity index is 2.17. The number of amides is 1. The zero-order valence-electron chi connectivity index (χ0n) is 7.18. The van der Waals surface area contributed by atoms with Gasteiger partial charge in [-0.05, 0) is 37.3 Å². The Hall–Kier alpha value is -0.240. The van der Waals surface area contributed by atoms with Gasteiger partial charge in [0.2, 0.25) is 0 Å². The number of hydrogen-bond acceptors (Lipinski definition) is 1. The van der Waals surface area contributed by atoms with Crippen molar-refractivity contribution in [3.63, 3.8) is 0 Å². The van der Waals surface area contributed by atoms with Crippen molar-refractivity contribution < 1.29 is 4.79 Å². The van der Waals surface area contributed by atoms with Crippen molar-refractivity contribution in [3.05, 3.63) is 0 Å². The van der Waals surface area contributed by atoms with Crippen LogP contribution in [0, 0.1) is 0 Å². The smallest absolute Gasteiger partial charge is 0.316 e. The van der Waals surface area contributed by atoms with Crippen molar-refractivity contribution in [1.82, 2.24) is 4.90 Å². The van der Waals surface area contributed by atoms with E-state index in [1.807, 2.05) is 4.90 Å². The molecule has 1 aliphatic carbocycles. The van der Waals surface area contributed by atoms with Crippen molar-refractivity contribution >= 4 is 17.0 Å². The molecule has 0 aromatic heterocycles. The van der Waals surface area contributed by atoms with Gasteiger partial charge in [0.25, 0.3) is 0 Å². The summed E-state index contributed by atoms with van der Waals surface area (Å²) in [5, 5.41) is -0.241. The highest BCUT2D eigenvalue weighted by molar-refractivity contribution is 6.62. The molecule has 0 radical (unpaired) electrons. The minimum atomic E-state index is -0.241. The predicted molar refractivity (Wildman–Crippen MR) is 48.4 cm³/mol. The maximum Gasteiger partial charge on any atom is 0.316 e. The minimum Gasteiger partial charge on any atom is -0.324 e. The van der Waals surface area contributed by atoms with Crippen LogP contribution in [-0.2, 0) is 0 Å². The standard InChI is InChI=1S/C9H14ClNO/c10-8(12)11-7-3-6-9(11)4-1-2-5-9/h1-7H2. The number of carbonyl (C=O) groups excluding carboxylic acids is 1. The third-order valence-corrected chi connectivity index (χ3v) is 3.55. The highest BCUT2D eigenvalue weighted by atomic mass is 35.5. The Bertz CT molecular complexity index is 193. The van der Waals surface area contributed by atoms with Gasteiger partial charge in [-0.15, -0.1) is 0 Å². The van der Waals surface area contributed by atoms with Crippen molar-refractivity contribution in [3.8, 4) is 0 Å². The first-order chi connectivity index (χ1) is 5.75. The van der Waals surface area contributed by atoms with E-state index in [0.717, 1.165) is 13.0 Å². The Kier molecular flexibility index (Phi) is 2.03. The Morgan fingerprint density at radius 2 is 1.75 bits per heavy atom. The topological polar surface area (TPSA) is 20.3 Å². The Labute approximate surface area is 77.9 Å². The molecular formula is C9H14ClNO. The predicted octanol–water partition coefficient (Wildman–Crippen LogP) is 2.75. The molecule has 68 valence electrons. The molecule has 2 nitrogen and oxygen atoms in total. The van der Waals surface area contributed by atoms with Crippen LogP contribution in [0.15, 0.2) is 0 Å². The summed E-state index contributed by atoms with van der Waals surface area (Å²) in [6.45, 7) is 0.877. The van der Waals surface area contributed by atoms with Crippen LogP contribution in [0.2, 0.25) is 0 Å². The number of carbonyl (C=O) groups is 1. The molecule has 2 rings (SSSR count). The summed E-state index contributed by atoms with van der Waals surface area (Å²) in [4.78, 5) is 13.0. The lowest BCUT2D eigenvalue weighted by atomic mass is 9.95. The number of nitrogens with zero attached hydrogens (tertiary/aromatic N) is 1. The average Bonchev–Trinajstić information content (AvgIpc) is 2.61. The van der Waals surface area contributed by atoms with E-state index < -0.39 is 0 Å². The van der Waals surface area contributed by atoms with Gasteiger partial charge in [0.1, 0.15) is 0 Å². The summed E-state index contributed by atoms with van der Waals surface area (Å²) < 4.78 is 0. The maximum atomic E-state index is 11.1. The van der Waals surface area contributed by atoms with Gasteiger partial charge in [-0.3, -0.25) is 4.79 Å². The second-order valence-electron chi connectivity index (χ2n) is 3.94. The normalized spacial score (nSPS) is 26.9. The van der Waals surface area contributed by atoms with Gasteiger partial charge < -0.3 is 4.90 Å². The molecule has 0 unspecified atom stereocenters. The van der Waals surface area contributed by atoms with Crippen LogP contribution in [0.4, 0.5) is 4.79 Å². The summed E-state index contributed by atoms with van der Waals surface area (Å²) in [6.07, 6.45) is 7.18. The fourth-order valence-electron chi connectivity index (χ4n) is 2.77. The summed E-state index contributed by atoms with van der Waals surface area (Å²) in [6, 6.07) is 0. The first-order valence-electron chi connectivity index (χ1n) is 4.72. The van der Waals surface area contributed by atoms with Crippen LogP contribution in [0.25, 0.3) is 0 Å². The lowest BCUT2D eigenvalue weighted by Crippen LogP contribution is -2.42. The molecule has 2 fully saturated rings. The molecule has 0 aromatic rings. The number of hydrogen-bond donors (Lipinski definition) is 0. The Morgan fingerprint density at radius 3 is 2.33 bits per heavy atom.